The number of amides is 1. The van der Waals surface area contributed by atoms with Crippen molar-refractivity contribution in [3.05, 3.63) is 29.6 Å². The molecule has 19 heavy (non-hydrogen) atoms. The Kier molecular flexibility index (Phi) is 4.15. The van der Waals surface area contributed by atoms with Crippen LogP contribution in [0.3, 0.4) is 0 Å². The standard InChI is InChI=1S/C12H14FNO3S2/c13-10-2-1-8(7-11(10)18)12(15)14-9-3-5-19(16,17)6-4-9/h1-2,7,9,18H,3-6H2,(H,14,15). The fourth-order valence-electron chi connectivity index (χ4n) is 1.96. The molecule has 1 aliphatic rings. The molecular weight excluding hydrogens is 289 g/mol. The van der Waals surface area contributed by atoms with E-state index in [1.54, 1.807) is 0 Å². The Bertz CT molecular complexity index is 587. The van der Waals surface area contributed by atoms with E-state index in [-0.39, 0.29) is 28.4 Å². The highest BCUT2D eigenvalue weighted by Gasteiger charge is 2.25. The van der Waals surface area contributed by atoms with Crippen molar-refractivity contribution in [1.29, 1.82) is 0 Å². The van der Waals surface area contributed by atoms with Gasteiger partial charge in [-0.05, 0) is 31.0 Å². The van der Waals surface area contributed by atoms with Gasteiger partial charge >= 0.3 is 0 Å². The Labute approximate surface area is 116 Å². The number of benzene rings is 1. The van der Waals surface area contributed by atoms with Crippen LogP contribution in [0, 0.1) is 5.82 Å². The van der Waals surface area contributed by atoms with E-state index in [2.05, 4.69) is 17.9 Å². The lowest BCUT2D eigenvalue weighted by Gasteiger charge is -2.23. The highest BCUT2D eigenvalue weighted by atomic mass is 32.2. The Balaban J connectivity index is 2.00. The molecule has 1 fully saturated rings. The second-order valence-electron chi connectivity index (χ2n) is 4.57. The van der Waals surface area contributed by atoms with Gasteiger partial charge in [-0.3, -0.25) is 4.79 Å². The maximum absolute atomic E-state index is 13.0. The van der Waals surface area contributed by atoms with Crippen molar-refractivity contribution in [2.45, 2.75) is 23.8 Å². The first-order valence-electron chi connectivity index (χ1n) is 5.87. The fourth-order valence-corrected chi connectivity index (χ4v) is 3.66. The lowest BCUT2D eigenvalue weighted by atomic mass is 10.1. The van der Waals surface area contributed by atoms with Crippen molar-refractivity contribution < 1.29 is 17.6 Å². The molecule has 0 atom stereocenters. The van der Waals surface area contributed by atoms with Crippen LogP contribution >= 0.6 is 12.6 Å². The molecule has 7 heteroatoms. The Morgan fingerprint density at radius 3 is 2.53 bits per heavy atom. The molecule has 0 spiro atoms. The molecule has 1 N–H and O–H groups in total. The summed E-state index contributed by atoms with van der Waals surface area (Å²) in [6, 6.07) is 3.77. The maximum atomic E-state index is 13.0. The van der Waals surface area contributed by atoms with Crippen molar-refractivity contribution >= 4 is 28.4 Å². The molecule has 0 bridgehead atoms. The number of thiol groups is 1. The summed E-state index contributed by atoms with van der Waals surface area (Å²) in [4.78, 5) is 12.0. The zero-order valence-corrected chi connectivity index (χ0v) is 11.8. The molecule has 0 aliphatic carbocycles. The summed E-state index contributed by atoms with van der Waals surface area (Å²) in [5.41, 5.74) is 0.319. The van der Waals surface area contributed by atoms with Crippen molar-refractivity contribution in [1.82, 2.24) is 5.32 Å². The second-order valence-corrected chi connectivity index (χ2v) is 7.35. The monoisotopic (exact) mass is 303 g/mol. The number of sulfone groups is 1. The van der Waals surface area contributed by atoms with Crippen LogP contribution in [0.1, 0.15) is 23.2 Å². The average Bonchev–Trinajstić information content (AvgIpc) is 2.35. The van der Waals surface area contributed by atoms with Crippen LogP contribution in [0.25, 0.3) is 0 Å². The van der Waals surface area contributed by atoms with Crippen LogP contribution in [0.5, 0.6) is 0 Å². The van der Waals surface area contributed by atoms with E-state index in [4.69, 9.17) is 0 Å². The van der Waals surface area contributed by atoms with E-state index in [1.807, 2.05) is 0 Å². The summed E-state index contributed by atoms with van der Waals surface area (Å²) in [6.07, 6.45) is 0.839. The van der Waals surface area contributed by atoms with Crippen LogP contribution in [-0.2, 0) is 9.84 Å². The number of rotatable bonds is 2. The number of hydrogen-bond acceptors (Lipinski definition) is 4. The quantitative estimate of drug-likeness (QED) is 0.812. The smallest absolute Gasteiger partial charge is 0.251 e. The van der Waals surface area contributed by atoms with Gasteiger partial charge in [-0.15, -0.1) is 12.6 Å². The average molecular weight is 303 g/mol. The molecule has 1 heterocycles. The van der Waals surface area contributed by atoms with E-state index in [0.29, 0.717) is 18.4 Å². The number of hydrogen-bond donors (Lipinski definition) is 2. The molecule has 1 amide bonds. The Morgan fingerprint density at radius 1 is 1.32 bits per heavy atom. The van der Waals surface area contributed by atoms with Gasteiger partial charge in [0.05, 0.1) is 11.5 Å². The topological polar surface area (TPSA) is 63.2 Å². The number of nitrogens with one attached hydrogen (secondary N) is 1. The maximum Gasteiger partial charge on any atom is 0.251 e. The van der Waals surface area contributed by atoms with Crippen LogP contribution in [-0.4, -0.2) is 31.9 Å². The summed E-state index contributed by atoms with van der Waals surface area (Å²) >= 11 is 3.92. The van der Waals surface area contributed by atoms with Gasteiger partial charge in [0, 0.05) is 16.5 Å². The lowest BCUT2D eigenvalue weighted by molar-refractivity contribution is 0.0934. The third kappa shape index (κ3) is 3.70. The minimum atomic E-state index is -2.94. The molecule has 0 radical (unpaired) electrons. The molecule has 1 aromatic rings. The zero-order chi connectivity index (χ0) is 14.0. The van der Waals surface area contributed by atoms with Gasteiger partial charge in [0.2, 0.25) is 0 Å². The zero-order valence-electron chi connectivity index (χ0n) is 10.1. The molecule has 1 aliphatic heterocycles. The molecule has 1 aromatic carbocycles. The van der Waals surface area contributed by atoms with Crippen LogP contribution in [0.2, 0.25) is 0 Å². The number of carbonyl (C=O) groups excluding carboxylic acids is 1. The van der Waals surface area contributed by atoms with Gasteiger partial charge in [0.15, 0.2) is 0 Å². The summed E-state index contributed by atoms with van der Waals surface area (Å²) < 4.78 is 35.6. The van der Waals surface area contributed by atoms with Gasteiger partial charge < -0.3 is 5.32 Å². The van der Waals surface area contributed by atoms with Crippen LogP contribution in [0.15, 0.2) is 23.1 Å². The molecule has 1 saturated heterocycles. The van der Waals surface area contributed by atoms with E-state index in [0.717, 1.165) is 0 Å². The molecule has 104 valence electrons. The molecular formula is C12H14FNO3S2. The first kappa shape index (κ1) is 14.3. The molecule has 2 rings (SSSR count). The van der Waals surface area contributed by atoms with Gasteiger partial charge in [-0.2, -0.15) is 0 Å². The highest BCUT2D eigenvalue weighted by molar-refractivity contribution is 7.91. The van der Waals surface area contributed by atoms with Gasteiger partial charge in [0.25, 0.3) is 5.91 Å². The SMILES string of the molecule is O=C(NC1CCS(=O)(=O)CC1)c1ccc(F)c(S)c1. The van der Waals surface area contributed by atoms with Gasteiger partial charge in [-0.25, -0.2) is 12.8 Å². The molecule has 4 nitrogen and oxygen atoms in total. The van der Waals surface area contributed by atoms with Gasteiger partial charge in [0.1, 0.15) is 15.7 Å². The van der Waals surface area contributed by atoms with Crippen LogP contribution in [0.4, 0.5) is 4.39 Å². The molecule has 0 saturated carbocycles. The van der Waals surface area contributed by atoms with Crippen molar-refractivity contribution in [2.24, 2.45) is 0 Å². The third-order valence-electron chi connectivity index (χ3n) is 3.10. The van der Waals surface area contributed by atoms with Crippen molar-refractivity contribution in [2.75, 3.05) is 11.5 Å². The van der Waals surface area contributed by atoms with Crippen LogP contribution < -0.4 is 5.32 Å². The number of halogens is 1. The largest absolute Gasteiger partial charge is 0.349 e. The second kappa shape index (κ2) is 5.50. The van der Waals surface area contributed by atoms with E-state index >= 15 is 0 Å². The highest BCUT2D eigenvalue weighted by Crippen LogP contribution is 2.16. The summed E-state index contributed by atoms with van der Waals surface area (Å²) in [6.45, 7) is 0. The minimum Gasteiger partial charge on any atom is -0.349 e. The van der Waals surface area contributed by atoms with Crippen molar-refractivity contribution in [3.8, 4) is 0 Å². The Hall–Kier alpha value is -1.08. The molecule has 0 unspecified atom stereocenters. The van der Waals surface area contributed by atoms with Gasteiger partial charge in [-0.1, -0.05) is 0 Å². The Morgan fingerprint density at radius 2 is 1.95 bits per heavy atom. The summed E-state index contributed by atoms with van der Waals surface area (Å²) in [5, 5.41) is 2.76. The minimum absolute atomic E-state index is 0.0964. The third-order valence-corrected chi connectivity index (χ3v) is 5.16. The first-order valence-corrected chi connectivity index (χ1v) is 8.14. The van der Waals surface area contributed by atoms with E-state index in [1.165, 1.54) is 18.2 Å². The fraction of sp³-hybridized carbons (Fsp3) is 0.417. The molecule has 0 aromatic heterocycles. The normalized spacial score (nSPS) is 19.1. The first-order chi connectivity index (χ1) is 8.87. The predicted octanol–water partition coefficient (Wildman–Crippen LogP) is 1.42. The predicted molar refractivity (Wildman–Crippen MR) is 72.8 cm³/mol. The summed E-state index contributed by atoms with van der Waals surface area (Å²) in [5.74, 6) is -0.624. The summed E-state index contributed by atoms with van der Waals surface area (Å²) in [7, 11) is -2.94. The number of carbonyl (C=O) groups is 1. The van der Waals surface area contributed by atoms with E-state index < -0.39 is 15.7 Å². The van der Waals surface area contributed by atoms with E-state index in [9.17, 15) is 17.6 Å². The lowest BCUT2D eigenvalue weighted by Crippen LogP contribution is -2.40. The van der Waals surface area contributed by atoms with Crippen molar-refractivity contribution in [3.63, 3.8) is 0 Å².